The van der Waals surface area contributed by atoms with Crippen molar-refractivity contribution in [3.8, 4) is 0 Å². The van der Waals surface area contributed by atoms with Crippen LogP contribution in [-0.4, -0.2) is 12.6 Å². The Morgan fingerprint density at radius 3 is 2.60 bits per heavy atom. The van der Waals surface area contributed by atoms with Gasteiger partial charge >= 0.3 is 0 Å². The molecule has 0 aliphatic carbocycles. The van der Waals surface area contributed by atoms with Crippen LogP contribution in [0, 0.1) is 6.92 Å². The lowest BCUT2D eigenvalue weighted by atomic mass is 10.0. The predicted octanol–water partition coefficient (Wildman–Crippen LogP) is 4.21. The Morgan fingerprint density at radius 2 is 1.85 bits per heavy atom. The summed E-state index contributed by atoms with van der Waals surface area (Å²) in [5, 5.41) is 3.55. The van der Waals surface area contributed by atoms with Gasteiger partial charge in [0.05, 0.1) is 11.4 Å². The van der Waals surface area contributed by atoms with Gasteiger partial charge in [-0.2, -0.15) is 0 Å². The standard InChI is InChI=1S/C18H22N2/c1-3-16-12-19-17-6-4-5-7-18(17)20(16)13-15-10-8-14(2)9-11-15/h4-11,16,19H,3,12-13H2,1-2H3. The summed E-state index contributed by atoms with van der Waals surface area (Å²) >= 11 is 0. The number of aryl methyl sites for hydroxylation is 1. The molecular formula is C18H22N2. The molecule has 2 aromatic rings. The number of nitrogens with one attached hydrogen (secondary N) is 1. The van der Waals surface area contributed by atoms with E-state index in [1.54, 1.807) is 0 Å². The van der Waals surface area contributed by atoms with Gasteiger partial charge in [-0.15, -0.1) is 0 Å². The second kappa shape index (κ2) is 5.58. The van der Waals surface area contributed by atoms with E-state index in [9.17, 15) is 0 Å². The first-order valence-electron chi connectivity index (χ1n) is 7.43. The predicted molar refractivity (Wildman–Crippen MR) is 86.4 cm³/mol. The molecule has 1 aliphatic heterocycles. The van der Waals surface area contributed by atoms with E-state index in [-0.39, 0.29) is 0 Å². The lowest BCUT2D eigenvalue weighted by Crippen LogP contribution is -2.43. The van der Waals surface area contributed by atoms with Gasteiger partial charge in [0.15, 0.2) is 0 Å². The van der Waals surface area contributed by atoms with E-state index in [1.165, 1.54) is 22.5 Å². The summed E-state index contributed by atoms with van der Waals surface area (Å²) in [6.45, 7) is 6.41. The molecule has 1 N–H and O–H groups in total. The zero-order chi connectivity index (χ0) is 13.9. The Hall–Kier alpha value is -1.96. The Kier molecular flexibility index (Phi) is 3.64. The fourth-order valence-electron chi connectivity index (χ4n) is 2.88. The van der Waals surface area contributed by atoms with Crippen molar-refractivity contribution in [2.75, 3.05) is 16.8 Å². The molecule has 0 saturated carbocycles. The molecule has 0 amide bonds. The van der Waals surface area contributed by atoms with E-state index in [0.717, 1.165) is 19.5 Å². The highest BCUT2D eigenvalue weighted by Crippen LogP contribution is 2.33. The van der Waals surface area contributed by atoms with Crippen molar-refractivity contribution in [2.45, 2.75) is 32.9 Å². The zero-order valence-electron chi connectivity index (χ0n) is 12.3. The van der Waals surface area contributed by atoms with Crippen molar-refractivity contribution in [1.29, 1.82) is 0 Å². The van der Waals surface area contributed by atoms with Crippen LogP contribution in [0.2, 0.25) is 0 Å². The van der Waals surface area contributed by atoms with Gasteiger partial charge in [-0.25, -0.2) is 0 Å². The van der Waals surface area contributed by atoms with Crippen molar-refractivity contribution >= 4 is 11.4 Å². The normalized spacial score (nSPS) is 17.5. The molecule has 0 fully saturated rings. The van der Waals surface area contributed by atoms with Gasteiger partial charge in [0.1, 0.15) is 0 Å². The van der Waals surface area contributed by atoms with Crippen LogP contribution >= 0.6 is 0 Å². The van der Waals surface area contributed by atoms with Crippen LogP contribution in [0.15, 0.2) is 48.5 Å². The maximum atomic E-state index is 3.55. The van der Waals surface area contributed by atoms with Crippen molar-refractivity contribution in [3.63, 3.8) is 0 Å². The molecule has 1 atom stereocenters. The van der Waals surface area contributed by atoms with Crippen LogP contribution in [0.5, 0.6) is 0 Å². The highest BCUT2D eigenvalue weighted by molar-refractivity contribution is 5.72. The molecule has 3 rings (SSSR count). The number of para-hydroxylation sites is 2. The maximum absolute atomic E-state index is 3.55. The summed E-state index contributed by atoms with van der Waals surface area (Å²) in [5.74, 6) is 0. The van der Waals surface area contributed by atoms with Crippen LogP contribution in [0.25, 0.3) is 0 Å². The fraction of sp³-hybridized carbons (Fsp3) is 0.333. The quantitative estimate of drug-likeness (QED) is 0.895. The molecule has 0 spiro atoms. The minimum atomic E-state index is 0.561. The average molecular weight is 266 g/mol. The molecule has 1 aliphatic rings. The minimum absolute atomic E-state index is 0.561. The summed E-state index contributed by atoms with van der Waals surface area (Å²) in [6.07, 6.45) is 1.16. The first-order chi connectivity index (χ1) is 9.78. The number of hydrogen-bond donors (Lipinski definition) is 1. The van der Waals surface area contributed by atoms with E-state index < -0.39 is 0 Å². The van der Waals surface area contributed by atoms with Crippen LogP contribution in [-0.2, 0) is 6.54 Å². The van der Waals surface area contributed by atoms with E-state index in [4.69, 9.17) is 0 Å². The van der Waals surface area contributed by atoms with Crippen molar-refractivity contribution in [3.05, 3.63) is 59.7 Å². The Bertz CT molecular complexity index is 574. The Balaban J connectivity index is 1.90. The third-order valence-corrected chi connectivity index (χ3v) is 4.13. The summed E-state index contributed by atoms with van der Waals surface area (Å²) < 4.78 is 0. The van der Waals surface area contributed by atoms with Gasteiger partial charge in [0, 0.05) is 19.1 Å². The Labute approximate surface area is 121 Å². The zero-order valence-corrected chi connectivity index (χ0v) is 12.3. The van der Waals surface area contributed by atoms with Gasteiger partial charge in [0.2, 0.25) is 0 Å². The molecule has 2 nitrogen and oxygen atoms in total. The SMILES string of the molecule is CCC1CNc2ccccc2N1Cc1ccc(C)cc1. The van der Waals surface area contributed by atoms with E-state index in [1.807, 2.05) is 0 Å². The molecule has 2 heteroatoms. The van der Waals surface area contributed by atoms with Crippen molar-refractivity contribution < 1.29 is 0 Å². The molecular weight excluding hydrogens is 244 g/mol. The smallest absolute Gasteiger partial charge is 0.0608 e. The van der Waals surface area contributed by atoms with E-state index in [2.05, 4.69) is 72.6 Å². The van der Waals surface area contributed by atoms with Gasteiger partial charge < -0.3 is 10.2 Å². The summed E-state index contributed by atoms with van der Waals surface area (Å²) in [5.41, 5.74) is 5.28. The number of nitrogens with zero attached hydrogens (tertiary/aromatic N) is 1. The minimum Gasteiger partial charge on any atom is -0.381 e. The second-order valence-corrected chi connectivity index (χ2v) is 5.57. The average Bonchev–Trinajstić information content (AvgIpc) is 2.50. The van der Waals surface area contributed by atoms with E-state index in [0.29, 0.717) is 6.04 Å². The summed E-state index contributed by atoms with van der Waals surface area (Å²) in [4.78, 5) is 2.54. The van der Waals surface area contributed by atoms with Gasteiger partial charge in [-0.3, -0.25) is 0 Å². The summed E-state index contributed by atoms with van der Waals surface area (Å²) in [6, 6.07) is 18.1. The largest absolute Gasteiger partial charge is 0.381 e. The van der Waals surface area contributed by atoms with Crippen LogP contribution in [0.4, 0.5) is 11.4 Å². The number of rotatable bonds is 3. The molecule has 0 bridgehead atoms. The van der Waals surface area contributed by atoms with E-state index >= 15 is 0 Å². The first kappa shape index (κ1) is 13.0. The third kappa shape index (κ3) is 2.51. The lowest BCUT2D eigenvalue weighted by Gasteiger charge is -2.39. The molecule has 1 unspecified atom stereocenters. The number of fused-ring (bicyclic) bond motifs is 1. The Morgan fingerprint density at radius 1 is 1.10 bits per heavy atom. The molecule has 1 heterocycles. The number of anilines is 2. The molecule has 0 radical (unpaired) electrons. The highest BCUT2D eigenvalue weighted by atomic mass is 15.2. The van der Waals surface area contributed by atoms with Gasteiger partial charge in [-0.05, 0) is 31.0 Å². The molecule has 0 aromatic heterocycles. The molecule has 104 valence electrons. The maximum Gasteiger partial charge on any atom is 0.0608 e. The van der Waals surface area contributed by atoms with Gasteiger partial charge in [0.25, 0.3) is 0 Å². The first-order valence-corrected chi connectivity index (χ1v) is 7.43. The van der Waals surface area contributed by atoms with Crippen molar-refractivity contribution in [1.82, 2.24) is 0 Å². The number of hydrogen-bond acceptors (Lipinski definition) is 2. The monoisotopic (exact) mass is 266 g/mol. The summed E-state index contributed by atoms with van der Waals surface area (Å²) in [7, 11) is 0. The van der Waals surface area contributed by atoms with Crippen molar-refractivity contribution in [2.24, 2.45) is 0 Å². The second-order valence-electron chi connectivity index (χ2n) is 5.57. The number of benzene rings is 2. The molecule has 20 heavy (non-hydrogen) atoms. The third-order valence-electron chi connectivity index (χ3n) is 4.13. The lowest BCUT2D eigenvalue weighted by molar-refractivity contribution is 0.580. The van der Waals surface area contributed by atoms with Gasteiger partial charge in [-0.1, -0.05) is 48.9 Å². The highest BCUT2D eigenvalue weighted by Gasteiger charge is 2.24. The van der Waals surface area contributed by atoms with Crippen LogP contribution in [0.3, 0.4) is 0 Å². The van der Waals surface area contributed by atoms with Crippen LogP contribution < -0.4 is 10.2 Å². The topological polar surface area (TPSA) is 15.3 Å². The van der Waals surface area contributed by atoms with Crippen LogP contribution in [0.1, 0.15) is 24.5 Å². The molecule has 2 aromatic carbocycles. The fourth-order valence-corrected chi connectivity index (χ4v) is 2.88. The molecule has 0 saturated heterocycles.